The van der Waals surface area contributed by atoms with Gasteiger partial charge >= 0.3 is 6.09 Å². The Hall–Kier alpha value is -3.85. The average Bonchev–Trinajstić information content (AvgIpc) is 2.89. The first-order valence-corrected chi connectivity index (χ1v) is 13.2. The van der Waals surface area contributed by atoms with Gasteiger partial charge in [0.1, 0.15) is 0 Å². The number of aromatic nitrogens is 1. The lowest BCUT2D eigenvalue weighted by molar-refractivity contribution is -0.125. The maximum absolute atomic E-state index is 13.5. The Kier molecular flexibility index (Phi) is 7.36. The van der Waals surface area contributed by atoms with Crippen molar-refractivity contribution >= 4 is 17.7 Å². The lowest BCUT2D eigenvalue weighted by atomic mass is 9.70. The summed E-state index contributed by atoms with van der Waals surface area (Å²) < 4.78 is 27.0. The van der Waals surface area contributed by atoms with Crippen LogP contribution in [0.4, 0.5) is 19.3 Å². The number of rotatable bonds is 7. The van der Waals surface area contributed by atoms with Gasteiger partial charge < -0.3 is 21.5 Å². The molecule has 0 unspecified atom stereocenters. The van der Waals surface area contributed by atoms with Crippen LogP contribution in [-0.2, 0) is 10.3 Å². The zero-order valence-corrected chi connectivity index (χ0v) is 21.5. The van der Waals surface area contributed by atoms with Crippen LogP contribution in [0.2, 0.25) is 0 Å². The van der Waals surface area contributed by atoms with E-state index in [2.05, 4.69) is 15.6 Å². The lowest BCUT2D eigenvalue weighted by Gasteiger charge is -2.44. The zero-order valence-electron chi connectivity index (χ0n) is 21.5. The van der Waals surface area contributed by atoms with Gasteiger partial charge in [0.25, 0.3) is 5.92 Å². The lowest BCUT2D eigenvalue weighted by Crippen LogP contribution is -2.55. The van der Waals surface area contributed by atoms with E-state index in [1.807, 2.05) is 48.5 Å². The smallest absolute Gasteiger partial charge is 0.404 e. The number of alkyl halides is 2. The highest BCUT2D eigenvalue weighted by atomic mass is 19.3. The van der Waals surface area contributed by atoms with Crippen molar-refractivity contribution in [2.75, 3.05) is 5.32 Å². The molecule has 39 heavy (non-hydrogen) atoms. The van der Waals surface area contributed by atoms with E-state index in [-0.39, 0.29) is 30.7 Å². The fraction of sp³-hybridized carbons (Fsp3) is 0.367. The number of anilines is 1. The van der Waals surface area contributed by atoms with Gasteiger partial charge in [0, 0.05) is 36.4 Å². The molecule has 2 fully saturated rings. The number of carbonyl (C=O) groups excluding carboxylic acids is 1. The molecule has 9 heteroatoms. The Labute approximate surface area is 225 Å². The van der Waals surface area contributed by atoms with Gasteiger partial charge in [-0.15, -0.1) is 0 Å². The summed E-state index contributed by atoms with van der Waals surface area (Å²) in [5.41, 5.74) is 9.73. The number of hydrogen-bond donors (Lipinski definition) is 4. The maximum atomic E-state index is 13.5. The van der Waals surface area contributed by atoms with Gasteiger partial charge in [-0.05, 0) is 48.8 Å². The van der Waals surface area contributed by atoms with E-state index < -0.39 is 17.6 Å². The zero-order chi connectivity index (χ0) is 27.6. The average molecular weight is 535 g/mol. The molecule has 0 spiro atoms. The number of hydrogen-bond acceptors (Lipinski definition) is 4. The first-order valence-electron chi connectivity index (χ1n) is 13.2. The number of nitrogens with zero attached hydrogens (tertiary/aromatic N) is 1. The predicted octanol–water partition coefficient (Wildman–Crippen LogP) is 6.15. The van der Waals surface area contributed by atoms with Crippen LogP contribution in [0.3, 0.4) is 0 Å². The molecular formula is C30H32F2N4O3. The molecule has 2 aliphatic carbocycles. The third kappa shape index (κ3) is 6.25. The van der Waals surface area contributed by atoms with E-state index in [9.17, 15) is 18.4 Å². The van der Waals surface area contributed by atoms with Crippen molar-refractivity contribution in [3.8, 4) is 22.4 Å². The summed E-state index contributed by atoms with van der Waals surface area (Å²) in [6, 6.07) is 18.8. The van der Waals surface area contributed by atoms with Crippen molar-refractivity contribution in [3.63, 3.8) is 0 Å². The largest absolute Gasteiger partial charge is 0.465 e. The van der Waals surface area contributed by atoms with Gasteiger partial charge in [-0.3, -0.25) is 9.78 Å². The number of benzene rings is 2. The van der Waals surface area contributed by atoms with Crippen LogP contribution in [-0.4, -0.2) is 34.1 Å². The third-order valence-corrected chi connectivity index (χ3v) is 7.79. The summed E-state index contributed by atoms with van der Waals surface area (Å²) >= 11 is 0. The number of amides is 2. The molecule has 7 nitrogen and oxygen atoms in total. The highest BCUT2D eigenvalue weighted by Crippen LogP contribution is 2.50. The maximum Gasteiger partial charge on any atom is 0.404 e. The second-order valence-corrected chi connectivity index (χ2v) is 10.8. The number of pyridine rings is 1. The molecule has 5 N–H and O–H groups in total. The third-order valence-electron chi connectivity index (χ3n) is 7.79. The van der Waals surface area contributed by atoms with Crippen molar-refractivity contribution in [1.82, 2.24) is 10.3 Å². The number of carboxylic acid groups (broad SMARTS) is 1. The van der Waals surface area contributed by atoms with Crippen LogP contribution in [0, 0.1) is 5.92 Å². The molecule has 3 aromatic rings. The predicted molar refractivity (Wildman–Crippen MR) is 145 cm³/mol. The molecule has 0 aliphatic heterocycles. The van der Waals surface area contributed by atoms with Gasteiger partial charge in [-0.1, -0.05) is 54.6 Å². The summed E-state index contributed by atoms with van der Waals surface area (Å²) in [5.74, 6) is -2.61. The Morgan fingerprint density at radius 3 is 2.26 bits per heavy atom. The minimum Gasteiger partial charge on any atom is -0.465 e. The van der Waals surface area contributed by atoms with Crippen molar-refractivity contribution in [1.29, 1.82) is 0 Å². The summed E-state index contributed by atoms with van der Waals surface area (Å²) in [7, 11) is 0. The Balaban J connectivity index is 1.31. The number of nitrogens with one attached hydrogen (secondary N) is 2. The van der Waals surface area contributed by atoms with E-state index in [0.717, 1.165) is 42.4 Å². The Morgan fingerprint density at radius 1 is 0.974 bits per heavy atom. The molecule has 1 aromatic heterocycles. The van der Waals surface area contributed by atoms with Crippen molar-refractivity contribution in [3.05, 3.63) is 72.4 Å². The van der Waals surface area contributed by atoms with Crippen LogP contribution in [0.5, 0.6) is 0 Å². The van der Waals surface area contributed by atoms with Crippen LogP contribution < -0.4 is 16.4 Å². The van der Waals surface area contributed by atoms with Gasteiger partial charge in [-0.25, -0.2) is 13.6 Å². The van der Waals surface area contributed by atoms with E-state index in [4.69, 9.17) is 10.8 Å². The summed E-state index contributed by atoms with van der Waals surface area (Å²) in [5, 5.41) is 14.4. The molecule has 2 aliphatic rings. The standard InChI is InChI=1S/C30H32F2N4O3/c31-30(32)17-29(33,18-30)22-10-8-21(9-11-22)27-25(20-4-2-1-3-5-20)15-24(16-34-27)35-26(37)14-19-6-12-23(13-7-19)36-28(38)39/h1-5,8-11,15-16,19,23,36H,6-7,12-14,17-18,33H2,(H,35,37)(H,38,39). The number of halogens is 2. The highest BCUT2D eigenvalue weighted by molar-refractivity contribution is 5.93. The van der Waals surface area contributed by atoms with Crippen LogP contribution in [0.1, 0.15) is 50.5 Å². The molecule has 204 valence electrons. The quantitative estimate of drug-likeness (QED) is 0.290. The second kappa shape index (κ2) is 10.7. The topological polar surface area (TPSA) is 117 Å². The second-order valence-electron chi connectivity index (χ2n) is 10.8. The van der Waals surface area contributed by atoms with E-state index in [0.29, 0.717) is 23.4 Å². The molecule has 2 amide bonds. The first kappa shape index (κ1) is 26.7. The van der Waals surface area contributed by atoms with Crippen LogP contribution in [0.15, 0.2) is 66.9 Å². The number of carbonyl (C=O) groups is 2. The molecule has 0 atom stereocenters. The van der Waals surface area contributed by atoms with Gasteiger partial charge in [0.05, 0.1) is 23.1 Å². The SMILES string of the molecule is NC1(c2ccc(-c3ncc(NC(=O)CC4CCC(NC(=O)O)CC4)cc3-c3ccccc3)cc2)CC(F)(F)C1. The first-order chi connectivity index (χ1) is 18.6. The Morgan fingerprint density at radius 2 is 1.64 bits per heavy atom. The van der Waals surface area contributed by atoms with Gasteiger partial charge in [-0.2, -0.15) is 0 Å². The van der Waals surface area contributed by atoms with Crippen molar-refractivity contribution in [2.45, 2.75) is 62.4 Å². The van der Waals surface area contributed by atoms with Crippen molar-refractivity contribution < 1.29 is 23.5 Å². The summed E-state index contributed by atoms with van der Waals surface area (Å²) in [4.78, 5) is 28.4. The minimum absolute atomic E-state index is 0.0499. The molecule has 0 radical (unpaired) electrons. The molecule has 0 bridgehead atoms. The van der Waals surface area contributed by atoms with E-state index in [1.165, 1.54) is 0 Å². The van der Waals surface area contributed by atoms with E-state index >= 15 is 0 Å². The van der Waals surface area contributed by atoms with Crippen LogP contribution >= 0.6 is 0 Å². The molecule has 2 saturated carbocycles. The Bertz CT molecular complexity index is 1330. The molecule has 1 heterocycles. The fourth-order valence-corrected chi connectivity index (χ4v) is 5.80. The van der Waals surface area contributed by atoms with E-state index in [1.54, 1.807) is 18.3 Å². The number of nitrogens with two attached hydrogens (primary N) is 1. The normalized spacial score (nSPS) is 21.4. The monoisotopic (exact) mass is 534 g/mol. The van der Waals surface area contributed by atoms with Gasteiger partial charge in [0.15, 0.2) is 0 Å². The molecule has 0 saturated heterocycles. The molecule has 5 rings (SSSR count). The minimum atomic E-state index is -2.72. The van der Waals surface area contributed by atoms with Crippen LogP contribution in [0.25, 0.3) is 22.4 Å². The molecular weight excluding hydrogens is 502 g/mol. The summed E-state index contributed by atoms with van der Waals surface area (Å²) in [6.45, 7) is 0. The highest BCUT2D eigenvalue weighted by Gasteiger charge is 2.55. The van der Waals surface area contributed by atoms with Crippen molar-refractivity contribution in [2.24, 2.45) is 11.7 Å². The fourth-order valence-electron chi connectivity index (χ4n) is 5.80. The molecule has 2 aromatic carbocycles. The summed E-state index contributed by atoms with van der Waals surface area (Å²) in [6.07, 6.45) is 3.30. The van der Waals surface area contributed by atoms with Gasteiger partial charge in [0.2, 0.25) is 5.91 Å².